The van der Waals surface area contributed by atoms with Crippen LogP contribution in [0.3, 0.4) is 0 Å². The smallest absolute Gasteiger partial charge is 0.338 e. The number of thiazole rings is 1. The van der Waals surface area contributed by atoms with E-state index in [0.717, 1.165) is 11.3 Å². The van der Waals surface area contributed by atoms with Crippen LogP contribution in [0.25, 0.3) is 6.08 Å². The molecule has 1 aromatic heterocycles. The van der Waals surface area contributed by atoms with Gasteiger partial charge in [0.05, 0.1) is 37.5 Å². The normalized spacial score (nSPS) is 15.3. The van der Waals surface area contributed by atoms with E-state index in [4.69, 9.17) is 9.47 Å². The quantitative estimate of drug-likeness (QED) is 0.176. The highest BCUT2D eigenvalue weighted by molar-refractivity contribution is 14.1. The second kappa shape index (κ2) is 11.0. The summed E-state index contributed by atoms with van der Waals surface area (Å²) in [4.78, 5) is 42.7. The van der Waals surface area contributed by atoms with Gasteiger partial charge in [-0.2, -0.15) is 0 Å². The Morgan fingerprint density at radius 1 is 1.34 bits per heavy atom. The number of carbonyl (C=O) groups is 1. The molecule has 198 valence electrons. The summed E-state index contributed by atoms with van der Waals surface area (Å²) >= 11 is 6.34. The molecule has 3 aromatic rings. The molecule has 0 spiro atoms. The second-order valence-electron chi connectivity index (χ2n) is 8.55. The minimum absolute atomic E-state index is 0.198. The molecule has 1 aliphatic rings. The zero-order chi connectivity index (χ0) is 27.9. The van der Waals surface area contributed by atoms with E-state index in [9.17, 15) is 24.8 Å². The van der Waals surface area contributed by atoms with Crippen LogP contribution in [0.15, 0.2) is 55.9 Å². The van der Waals surface area contributed by atoms with Gasteiger partial charge in [-0.1, -0.05) is 27.3 Å². The minimum Gasteiger partial charge on any atom is -0.501 e. The fraction of sp³-hybridized carbons (Fsp3) is 0.240. The summed E-state index contributed by atoms with van der Waals surface area (Å²) in [6.45, 7) is 5.14. The maximum absolute atomic E-state index is 13.8. The monoisotopic (exact) mass is 713 g/mol. The lowest BCUT2D eigenvalue weighted by Gasteiger charge is -2.26. The number of nitro benzene ring substituents is 1. The average molecular weight is 714 g/mol. The van der Waals surface area contributed by atoms with Gasteiger partial charge in [0.15, 0.2) is 4.80 Å². The van der Waals surface area contributed by atoms with E-state index in [-0.39, 0.29) is 13.7 Å². The van der Waals surface area contributed by atoms with E-state index in [1.165, 1.54) is 29.9 Å². The largest absolute Gasteiger partial charge is 0.501 e. The van der Waals surface area contributed by atoms with Gasteiger partial charge in [0.25, 0.3) is 5.56 Å². The van der Waals surface area contributed by atoms with Gasteiger partial charge in [0.2, 0.25) is 5.75 Å². The van der Waals surface area contributed by atoms with Crippen LogP contribution in [0, 0.1) is 13.7 Å². The molecule has 0 aliphatic carbocycles. The Hall–Kier alpha value is -3.04. The van der Waals surface area contributed by atoms with Gasteiger partial charge >= 0.3 is 11.7 Å². The van der Waals surface area contributed by atoms with Gasteiger partial charge in [-0.25, -0.2) is 9.79 Å². The van der Waals surface area contributed by atoms with Crippen molar-refractivity contribution in [2.45, 2.75) is 32.9 Å². The number of benzene rings is 2. The summed E-state index contributed by atoms with van der Waals surface area (Å²) in [5.41, 5.74) is 0.579. The molecule has 0 bridgehead atoms. The van der Waals surface area contributed by atoms with Crippen molar-refractivity contribution >= 4 is 67.6 Å². The predicted octanol–water partition coefficient (Wildman–Crippen LogP) is 4.18. The number of phenols is 1. The molecular formula is C25H21BrIN3O7S. The first kappa shape index (κ1) is 28.0. The molecule has 0 unspecified atom stereocenters. The Labute approximate surface area is 242 Å². The predicted molar refractivity (Wildman–Crippen MR) is 153 cm³/mol. The Bertz CT molecular complexity index is 1690. The first-order valence-electron chi connectivity index (χ1n) is 11.2. The van der Waals surface area contributed by atoms with Crippen LogP contribution in [0.2, 0.25) is 0 Å². The lowest BCUT2D eigenvalue weighted by atomic mass is 9.95. The standard InChI is InChI=1S/C25H21BrIN3O7S/c1-11(2)37-24(33)20-12(3)28-25-29(21(20)15-10-14(26)5-6-18(15)36-4)23(32)19(38-25)9-13-7-16(27)22(31)17(8-13)30(34)35/h5-11,21,31H,1-4H3/b19-9-/t21-/m1/s1. The third-order valence-corrected chi connectivity index (χ3v) is 7.93. The maximum atomic E-state index is 13.8. The number of halogens is 2. The van der Waals surface area contributed by atoms with Crippen LogP contribution in [-0.2, 0) is 9.53 Å². The molecule has 1 N–H and O–H groups in total. The molecule has 13 heteroatoms. The Kier molecular flexibility index (Phi) is 8.09. The Morgan fingerprint density at radius 3 is 2.68 bits per heavy atom. The number of aromatic nitrogens is 1. The second-order valence-corrected chi connectivity index (χ2v) is 11.6. The van der Waals surface area contributed by atoms with Gasteiger partial charge in [0, 0.05) is 16.1 Å². The van der Waals surface area contributed by atoms with E-state index in [1.807, 2.05) is 0 Å². The van der Waals surface area contributed by atoms with E-state index < -0.39 is 40.0 Å². The number of rotatable bonds is 6. The number of nitro groups is 1. The van der Waals surface area contributed by atoms with Crippen molar-refractivity contribution in [3.63, 3.8) is 0 Å². The van der Waals surface area contributed by atoms with Crippen LogP contribution >= 0.6 is 49.9 Å². The number of aromatic hydroxyl groups is 1. The summed E-state index contributed by atoms with van der Waals surface area (Å²) in [7, 11) is 1.50. The zero-order valence-corrected chi connectivity index (χ0v) is 25.1. The van der Waals surface area contributed by atoms with Crippen molar-refractivity contribution in [3.05, 3.63) is 90.6 Å². The molecule has 4 rings (SSSR count). The van der Waals surface area contributed by atoms with Gasteiger partial charge in [-0.15, -0.1) is 0 Å². The van der Waals surface area contributed by atoms with Crippen molar-refractivity contribution in [2.75, 3.05) is 7.11 Å². The fourth-order valence-corrected chi connectivity index (χ4v) is 6.11. The van der Waals surface area contributed by atoms with E-state index in [2.05, 4.69) is 20.9 Å². The molecule has 0 fully saturated rings. The summed E-state index contributed by atoms with van der Waals surface area (Å²) < 4.78 is 13.7. The highest BCUT2D eigenvalue weighted by Gasteiger charge is 2.35. The first-order valence-corrected chi connectivity index (χ1v) is 13.9. The fourth-order valence-electron chi connectivity index (χ4n) is 4.05. The van der Waals surface area contributed by atoms with Crippen LogP contribution in [0.5, 0.6) is 11.5 Å². The summed E-state index contributed by atoms with van der Waals surface area (Å²) in [5, 5.41) is 21.4. The summed E-state index contributed by atoms with van der Waals surface area (Å²) in [6, 6.07) is 7.12. The van der Waals surface area contributed by atoms with Crippen LogP contribution in [0.4, 0.5) is 5.69 Å². The van der Waals surface area contributed by atoms with Crippen molar-refractivity contribution in [2.24, 2.45) is 4.99 Å². The highest BCUT2D eigenvalue weighted by Crippen LogP contribution is 2.37. The third kappa shape index (κ3) is 5.27. The lowest BCUT2D eigenvalue weighted by Crippen LogP contribution is -2.40. The van der Waals surface area contributed by atoms with Gasteiger partial charge < -0.3 is 14.6 Å². The van der Waals surface area contributed by atoms with E-state index in [1.54, 1.807) is 61.6 Å². The van der Waals surface area contributed by atoms with E-state index in [0.29, 0.717) is 31.8 Å². The molecule has 0 radical (unpaired) electrons. The van der Waals surface area contributed by atoms with Crippen molar-refractivity contribution in [1.82, 2.24) is 4.57 Å². The Morgan fingerprint density at radius 2 is 2.05 bits per heavy atom. The van der Waals surface area contributed by atoms with Gasteiger partial charge in [0.1, 0.15) is 11.8 Å². The number of esters is 1. The molecule has 2 aromatic carbocycles. The Balaban J connectivity index is 2.01. The van der Waals surface area contributed by atoms with E-state index >= 15 is 0 Å². The molecule has 0 amide bonds. The SMILES string of the molecule is COc1ccc(Br)cc1[C@@H]1C(C(=O)OC(C)C)=C(C)N=c2s/c(=C\c3cc(I)c(O)c([N+](=O)[O-])c3)c(=O)n21. The number of ether oxygens (including phenoxy) is 2. The molecule has 10 nitrogen and oxygen atoms in total. The number of hydrogen-bond donors (Lipinski definition) is 1. The molecule has 0 saturated heterocycles. The number of allylic oxidation sites excluding steroid dienone is 1. The third-order valence-electron chi connectivity index (χ3n) is 5.63. The number of fused-ring (bicyclic) bond motifs is 1. The van der Waals surface area contributed by atoms with Gasteiger partial charge in [-0.05, 0) is 79.3 Å². The van der Waals surface area contributed by atoms with Crippen molar-refractivity contribution < 1.29 is 24.3 Å². The first-order chi connectivity index (χ1) is 17.9. The van der Waals surface area contributed by atoms with Crippen molar-refractivity contribution in [1.29, 1.82) is 0 Å². The van der Waals surface area contributed by atoms with Crippen LogP contribution in [-0.4, -0.2) is 33.8 Å². The van der Waals surface area contributed by atoms with Crippen LogP contribution < -0.4 is 19.6 Å². The molecular weight excluding hydrogens is 693 g/mol. The number of phenolic OH excluding ortho intramolecular Hbond substituents is 1. The minimum atomic E-state index is -0.901. The number of methoxy groups -OCH3 is 1. The number of carbonyl (C=O) groups excluding carboxylic acids is 1. The highest BCUT2D eigenvalue weighted by atomic mass is 127. The maximum Gasteiger partial charge on any atom is 0.338 e. The molecule has 1 aliphatic heterocycles. The summed E-state index contributed by atoms with van der Waals surface area (Å²) in [5.74, 6) is -0.591. The average Bonchev–Trinajstić information content (AvgIpc) is 3.13. The molecule has 0 saturated carbocycles. The van der Waals surface area contributed by atoms with Crippen molar-refractivity contribution in [3.8, 4) is 11.5 Å². The zero-order valence-electron chi connectivity index (χ0n) is 20.5. The molecule has 1 atom stereocenters. The summed E-state index contributed by atoms with van der Waals surface area (Å²) in [6.07, 6.45) is 1.10. The number of hydrogen-bond acceptors (Lipinski definition) is 9. The van der Waals surface area contributed by atoms with Gasteiger partial charge in [-0.3, -0.25) is 19.5 Å². The van der Waals surface area contributed by atoms with Crippen LogP contribution in [0.1, 0.15) is 37.9 Å². The molecule has 2 heterocycles. The lowest BCUT2D eigenvalue weighted by molar-refractivity contribution is -0.386. The molecule has 38 heavy (non-hydrogen) atoms. The topological polar surface area (TPSA) is 133 Å². The number of nitrogens with zero attached hydrogens (tertiary/aromatic N) is 3.